The van der Waals surface area contributed by atoms with Crippen molar-refractivity contribution in [3.8, 4) is 0 Å². The van der Waals surface area contributed by atoms with Crippen molar-refractivity contribution in [1.29, 1.82) is 0 Å². The van der Waals surface area contributed by atoms with E-state index in [1.807, 2.05) is 0 Å². The number of ether oxygens (including phenoxy) is 1. The summed E-state index contributed by atoms with van der Waals surface area (Å²) in [6, 6.07) is 3.33. The second-order valence-electron chi connectivity index (χ2n) is 3.29. The van der Waals surface area contributed by atoms with Crippen LogP contribution in [0.15, 0.2) is 18.3 Å². The van der Waals surface area contributed by atoms with E-state index >= 15 is 0 Å². The van der Waals surface area contributed by atoms with Crippen LogP contribution in [-0.4, -0.2) is 24.0 Å². The minimum atomic E-state index is -0.00187. The van der Waals surface area contributed by atoms with Gasteiger partial charge < -0.3 is 4.74 Å². The topological polar surface area (TPSA) is 39.2 Å². The van der Waals surface area contributed by atoms with E-state index < -0.39 is 0 Å². The molecule has 0 saturated carbocycles. The van der Waals surface area contributed by atoms with Gasteiger partial charge in [-0.2, -0.15) is 0 Å². The molecule has 4 heteroatoms. The Hall–Kier alpha value is -0.930. The van der Waals surface area contributed by atoms with Crippen molar-refractivity contribution in [2.75, 3.05) is 13.2 Å². The van der Waals surface area contributed by atoms with Gasteiger partial charge in [0.15, 0.2) is 5.78 Å². The van der Waals surface area contributed by atoms with Crippen LogP contribution in [0, 0.1) is 5.92 Å². The molecule has 1 atom stereocenters. The van der Waals surface area contributed by atoms with Gasteiger partial charge in [-0.15, -0.1) is 0 Å². The minimum absolute atomic E-state index is 0.00187. The molecule has 0 aliphatic carbocycles. The number of hydrogen-bond donors (Lipinski definition) is 0. The maximum absolute atomic E-state index is 11.8. The van der Waals surface area contributed by atoms with Gasteiger partial charge in [-0.1, -0.05) is 11.6 Å². The number of nitrogens with zero attached hydrogens (tertiary/aromatic N) is 1. The van der Waals surface area contributed by atoms with Crippen molar-refractivity contribution in [2.24, 2.45) is 5.92 Å². The third-order valence-corrected chi connectivity index (χ3v) is 2.54. The number of Topliss-reactive ketones (excluding diaryl/α,β-unsaturated/α-hetero) is 1. The molecule has 74 valence electrons. The Morgan fingerprint density at radius 3 is 3.00 bits per heavy atom. The fourth-order valence-corrected chi connectivity index (χ4v) is 1.61. The summed E-state index contributed by atoms with van der Waals surface area (Å²) in [4.78, 5) is 15.7. The Morgan fingerprint density at radius 2 is 2.43 bits per heavy atom. The van der Waals surface area contributed by atoms with Crippen molar-refractivity contribution >= 4 is 17.4 Å². The van der Waals surface area contributed by atoms with E-state index in [0.29, 0.717) is 23.9 Å². The van der Waals surface area contributed by atoms with Crippen molar-refractivity contribution in [2.45, 2.75) is 6.42 Å². The number of rotatable bonds is 2. The molecule has 0 bridgehead atoms. The molecule has 1 aliphatic heterocycles. The van der Waals surface area contributed by atoms with Crippen LogP contribution in [0.1, 0.15) is 16.8 Å². The largest absolute Gasteiger partial charge is 0.381 e. The monoisotopic (exact) mass is 211 g/mol. The van der Waals surface area contributed by atoms with Crippen molar-refractivity contribution in [3.63, 3.8) is 0 Å². The van der Waals surface area contributed by atoms with Crippen LogP contribution in [0.5, 0.6) is 0 Å². The highest BCUT2D eigenvalue weighted by Crippen LogP contribution is 2.18. The van der Waals surface area contributed by atoms with Crippen LogP contribution in [-0.2, 0) is 4.74 Å². The standard InChI is InChI=1S/C10H10ClNO2/c11-9-2-1-7(5-12-9)10(13)8-3-4-14-6-8/h1-2,5,8H,3-4,6H2. The second kappa shape index (κ2) is 4.07. The Bertz CT molecular complexity index is 330. The van der Waals surface area contributed by atoms with Crippen LogP contribution in [0.2, 0.25) is 5.15 Å². The lowest BCUT2D eigenvalue weighted by molar-refractivity contribution is 0.0900. The summed E-state index contributed by atoms with van der Waals surface area (Å²) < 4.78 is 5.16. The average Bonchev–Trinajstić information content (AvgIpc) is 2.71. The Balaban J connectivity index is 2.14. The molecule has 1 unspecified atom stereocenters. The van der Waals surface area contributed by atoms with Gasteiger partial charge in [-0.3, -0.25) is 4.79 Å². The van der Waals surface area contributed by atoms with Crippen LogP contribution >= 0.6 is 11.6 Å². The quantitative estimate of drug-likeness (QED) is 0.555. The molecule has 0 N–H and O–H groups in total. The first-order valence-corrected chi connectivity index (χ1v) is 4.88. The summed E-state index contributed by atoms with van der Waals surface area (Å²) in [7, 11) is 0. The van der Waals surface area contributed by atoms with E-state index in [1.165, 1.54) is 6.20 Å². The molecule has 1 aromatic rings. The molecular weight excluding hydrogens is 202 g/mol. The molecule has 1 fully saturated rings. The van der Waals surface area contributed by atoms with Crippen LogP contribution in [0.25, 0.3) is 0 Å². The number of hydrogen-bond acceptors (Lipinski definition) is 3. The third-order valence-electron chi connectivity index (χ3n) is 2.31. The molecule has 2 rings (SSSR count). The molecule has 2 heterocycles. The van der Waals surface area contributed by atoms with Gasteiger partial charge in [-0.05, 0) is 18.6 Å². The molecule has 1 saturated heterocycles. The predicted octanol–water partition coefficient (Wildman–Crippen LogP) is 1.95. The van der Waals surface area contributed by atoms with Gasteiger partial charge in [0.05, 0.1) is 6.61 Å². The number of aromatic nitrogens is 1. The molecule has 1 aliphatic rings. The first-order valence-electron chi connectivity index (χ1n) is 4.51. The number of carbonyl (C=O) groups excluding carboxylic acids is 1. The van der Waals surface area contributed by atoms with Gasteiger partial charge in [0.1, 0.15) is 5.15 Å². The van der Waals surface area contributed by atoms with Gasteiger partial charge in [0, 0.05) is 24.3 Å². The van der Waals surface area contributed by atoms with E-state index in [-0.39, 0.29) is 11.7 Å². The lowest BCUT2D eigenvalue weighted by atomic mass is 9.98. The molecule has 0 amide bonds. The maximum atomic E-state index is 11.8. The fourth-order valence-electron chi connectivity index (χ4n) is 1.50. The van der Waals surface area contributed by atoms with Crippen LogP contribution in [0.4, 0.5) is 0 Å². The van der Waals surface area contributed by atoms with Crippen molar-refractivity contribution in [1.82, 2.24) is 4.98 Å². The number of pyridine rings is 1. The summed E-state index contributed by atoms with van der Waals surface area (Å²) in [5.41, 5.74) is 0.616. The molecular formula is C10H10ClNO2. The van der Waals surface area contributed by atoms with E-state index in [9.17, 15) is 4.79 Å². The first-order chi connectivity index (χ1) is 6.77. The van der Waals surface area contributed by atoms with Gasteiger partial charge >= 0.3 is 0 Å². The lowest BCUT2D eigenvalue weighted by Gasteiger charge is -2.05. The van der Waals surface area contributed by atoms with E-state index in [4.69, 9.17) is 16.3 Å². The van der Waals surface area contributed by atoms with E-state index in [1.54, 1.807) is 12.1 Å². The molecule has 0 spiro atoms. The predicted molar refractivity (Wildman–Crippen MR) is 52.5 cm³/mol. The Labute approximate surface area is 87.0 Å². The smallest absolute Gasteiger partial charge is 0.169 e. The highest BCUT2D eigenvalue weighted by atomic mass is 35.5. The van der Waals surface area contributed by atoms with Crippen LogP contribution in [0.3, 0.4) is 0 Å². The maximum Gasteiger partial charge on any atom is 0.169 e. The zero-order valence-corrected chi connectivity index (χ0v) is 8.33. The second-order valence-corrected chi connectivity index (χ2v) is 3.68. The van der Waals surface area contributed by atoms with Gasteiger partial charge in [0.2, 0.25) is 0 Å². The number of halogens is 1. The summed E-state index contributed by atoms with van der Waals surface area (Å²) >= 11 is 5.63. The average molecular weight is 212 g/mol. The summed E-state index contributed by atoms with van der Waals surface area (Å²) in [6.45, 7) is 1.21. The molecule has 3 nitrogen and oxygen atoms in total. The van der Waals surface area contributed by atoms with Crippen molar-refractivity contribution < 1.29 is 9.53 Å². The summed E-state index contributed by atoms with van der Waals surface area (Å²) in [6.07, 6.45) is 2.32. The third kappa shape index (κ3) is 1.94. The molecule has 0 radical (unpaired) electrons. The Kier molecular flexibility index (Phi) is 2.79. The Morgan fingerprint density at radius 1 is 1.57 bits per heavy atom. The molecule has 0 aromatic carbocycles. The summed E-state index contributed by atoms with van der Waals surface area (Å²) in [5.74, 6) is 0.102. The van der Waals surface area contributed by atoms with E-state index in [0.717, 1.165) is 6.42 Å². The normalized spacial score (nSPS) is 21.1. The molecule has 1 aromatic heterocycles. The number of ketones is 1. The first kappa shape index (κ1) is 9.62. The zero-order chi connectivity index (χ0) is 9.97. The zero-order valence-electron chi connectivity index (χ0n) is 7.57. The minimum Gasteiger partial charge on any atom is -0.381 e. The van der Waals surface area contributed by atoms with Gasteiger partial charge in [0.25, 0.3) is 0 Å². The van der Waals surface area contributed by atoms with E-state index in [2.05, 4.69) is 4.98 Å². The van der Waals surface area contributed by atoms with Crippen LogP contribution < -0.4 is 0 Å². The number of carbonyl (C=O) groups is 1. The summed E-state index contributed by atoms with van der Waals surface area (Å²) in [5, 5.41) is 0.407. The SMILES string of the molecule is O=C(c1ccc(Cl)nc1)C1CCOC1. The highest BCUT2D eigenvalue weighted by molar-refractivity contribution is 6.29. The fraction of sp³-hybridized carbons (Fsp3) is 0.400. The lowest BCUT2D eigenvalue weighted by Crippen LogP contribution is -2.14. The highest BCUT2D eigenvalue weighted by Gasteiger charge is 2.24. The molecule has 14 heavy (non-hydrogen) atoms. The van der Waals surface area contributed by atoms with Gasteiger partial charge in [-0.25, -0.2) is 4.98 Å². The van der Waals surface area contributed by atoms with Crippen molar-refractivity contribution in [3.05, 3.63) is 29.0 Å².